The third-order valence-corrected chi connectivity index (χ3v) is 4.90. The molecule has 0 spiro atoms. The van der Waals surface area contributed by atoms with Crippen molar-refractivity contribution in [2.45, 2.75) is 39.5 Å². The number of benzene rings is 2. The number of nitrogens with one attached hydrogen (secondary N) is 3. The van der Waals surface area contributed by atoms with E-state index < -0.39 is 5.91 Å². The molecule has 0 aliphatic carbocycles. The fraction of sp³-hybridized carbons (Fsp3) is 0.348. The molecule has 0 heterocycles. The predicted molar refractivity (Wildman–Crippen MR) is 121 cm³/mol. The first-order chi connectivity index (χ1) is 14.0. The number of carbonyl (C=O) groups is 2. The molecule has 29 heavy (non-hydrogen) atoms. The average Bonchev–Trinajstić information content (AvgIpc) is 2.76. The number of hydrogen-bond donors (Lipinski definition) is 3. The normalized spacial score (nSPS) is 11.4. The van der Waals surface area contributed by atoms with Gasteiger partial charge in [-0.1, -0.05) is 81.6 Å². The van der Waals surface area contributed by atoms with Crippen LogP contribution < -0.4 is 16.2 Å². The van der Waals surface area contributed by atoms with Gasteiger partial charge in [0.1, 0.15) is 0 Å². The molecule has 2 aromatic rings. The van der Waals surface area contributed by atoms with Gasteiger partial charge in [0.25, 0.3) is 5.91 Å². The van der Waals surface area contributed by atoms with E-state index in [0.29, 0.717) is 27.7 Å². The minimum atomic E-state index is -0.412. The van der Waals surface area contributed by atoms with Crippen LogP contribution in [0.25, 0.3) is 0 Å². The lowest BCUT2D eigenvalue weighted by atomic mass is 9.98. The topological polar surface area (TPSA) is 70.2 Å². The number of amides is 1. The number of thiocarbonyl (C=S) groups is 1. The molecule has 2 aromatic carbocycles. The van der Waals surface area contributed by atoms with E-state index in [1.54, 1.807) is 48.5 Å². The Labute approximate surface area is 178 Å². The van der Waals surface area contributed by atoms with Gasteiger partial charge in [0.15, 0.2) is 10.9 Å². The highest BCUT2D eigenvalue weighted by Crippen LogP contribution is 2.14. The zero-order chi connectivity index (χ0) is 21.1. The fourth-order valence-electron chi connectivity index (χ4n) is 2.96. The number of hydrazine groups is 1. The van der Waals surface area contributed by atoms with Crippen LogP contribution in [0.5, 0.6) is 0 Å². The highest BCUT2D eigenvalue weighted by atomic mass is 32.1. The van der Waals surface area contributed by atoms with Crippen LogP contribution in [0, 0.1) is 5.92 Å². The van der Waals surface area contributed by atoms with E-state index in [0.717, 1.165) is 13.0 Å². The molecule has 1 atom stereocenters. The van der Waals surface area contributed by atoms with Crippen LogP contribution in [-0.4, -0.2) is 23.3 Å². The van der Waals surface area contributed by atoms with Gasteiger partial charge in [-0.25, -0.2) is 0 Å². The lowest BCUT2D eigenvalue weighted by Gasteiger charge is -2.16. The summed E-state index contributed by atoms with van der Waals surface area (Å²) in [5.74, 6) is -0.107. The first-order valence-corrected chi connectivity index (χ1v) is 10.5. The zero-order valence-corrected chi connectivity index (χ0v) is 17.9. The second kappa shape index (κ2) is 12.0. The molecule has 6 heteroatoms. The molecular weight excluding hydrogens is 382 g/mol. The lowest BCUT2D eigenvalue weighted by Crippen LogP contribution is -2.47. The maximum atomic E-state index is 12.8. The average molecular weight is 412 g/mol. The molecule has 0 fully saturated rings. The van der Waals surface area contributed by atoms with Crippen LogP contribution in [0.1, 0.15) is 65.8 Å². The summed E-state index contributed by atoms with van der Waals surface area (Å²) in [7, 11) is 0. The van der Waals surface area contributed by atoms with Gasteiger partial charge >= 0.3 is 0 Å². The monoisotopic (exact) mass is 411 g/mol. The molecule has 0 saturated carbocycles. The Morgan fingerprint density at radius 1 is 0.931 bits per heavy atom. The number of hydrogen-bond acceptors (Lipinski definition) is 3. The molecule has 0 aliphatic heterocycles. The zero-order valence-electron chi connectivity index (χ0n) is 17.0. The van der Waals surface area contributed by atoms with Gasteiger partial charge in [-0.2, -0.15) is 0 Å². The van der Waals surface area contributed by atoms with Gasteiger partial charge in [-0.05, 0) is 30.6 Å². The minimum Gasteiger partial charge on any atom is -0.361 e. The molecule has 0 aliphatic rings. The van der Waals surface area contributed by atoms with Crippen LogP contribution in [0.3, 0.4) is 0 Å². The van der Waals surface area contributed by atoms with Crippen molar-refractivity contribution in [1.82, 2.24) is 16.2 Å². The molecule has 0 saturated heterocycles. The molecular formula is C23H29N3O2S. The van der Waals surface area contributed by atoms with E-state index in [9.17, 15) is 9.59 Å². The number of ketones is 1. The quantitative estimate of drug-likeness (QED) is 0.249. The van der Waals surface area contributed by atoms with Crippen molar-refractivity contribution in [2.75, 3.05) is 6.54 Å². The summed E-state index contributed by atoms with van der Waals surface area (Å²) in [6.07, 6.45) is 4.80. The Hall–Kier alpha value is -2.73. The van der Waals surface area contributed by atoms with Crippen LogP contribution in [0.4, 0.5) is 0 Å². The van der Waals surface area contributed by atoms with Gasteiger partial charge in [0.05, 0.1) is 5.56 Å². The highest BCUT2D eigenvalue weighted by Gasteiger charge is 2.18. The molecule has 0 radical (unpaired) electrons. The van der Waals surface area contributed by atoms with Crippen molar-refractivity contribution in [1.29, 1.82) is 0 Å². The molecule has 0 unspecified atom stereocenters. The summed E-state index contributed by atoms with van der Waals surface area (Å²) >= 11 is 5.23. The summed E-state index contributed by atoms with van der Waals surface area (Å²) in [6, 6.07) is 15.6. The molecule has 0 bridgehead atoms. The van der Waals surface area contributed by atoms with Crippen LogP contribution in [0.15, 0.2) is 54.6 Å². The molecule has 2 rings (SSSR count). The SMILES string of the molecule is CCCCC[C@@H](C)CNC(=S)NNC(=O)c1ccccc1C(=O)c1ccccc1. The van der Waals surface area contributed by atoms with Crippen LogP contribution in [-0.2, 0) is 0 Å². The Kier molecular flexibility index (Phi) is 9.31. The second-order valence-corrected chi connectivity index (χ2v) is 7.54. The van der Waals surface area contributed by atoms with E-state index in [1.807, 2.05) is 6.07 Å². The van der Waals surface area contributed by atoms with Crippen molar-refractivity contribution in [3.8, 4) is 0 Å². The Balaban J connectivity index is 1.90. The van der Waals surface area contributed by atoms with Crippen LogP contribution >= 0.6 is 12.2 Å². The van der Waals surface area contributed by atoms with Gasteiger partial charge in [0.2, 0.25) is 0 Å². The predicted octanol–water partition coefficient (Wildman–Crippen LogP) is 4.24. The van der Waals surface area contributed by atoms with Crippen molar-refractivity contribution < 1.29 is 9.59 Å². The van der Waals surface area contributed by atoms with E-state index in [1.165, 1.54) is 19.3 Å². The smallest absolute Gasteiger partial charge is 0.270 e. The van der Waals surface area contributed by atoms with Gasteiger partial charge in [-0.3, -0.25) is 20.4 Å². The Morgan fingerprint density at radius 3 is 2.28 bits per heavy atom. The van der Waals surface area contributed by atoms with Gasteiger partial charge in [-0.15, -0.1) is 0 Å². The standard InChI is InChI=1S/C23H29N3O2S/c1-3-4-6-11-17(2)16-24-23(29)26-25-22(28)20-15-10-9-14-19(20)21(27)18-12-7-5-8-13-18/h5,7-10,12-15,17H,3-4,6,11,16H2,1-2H3,(H,25,28)(H2,24,26,29)/t17-/m1/s1. The van der Waals surface area contributed by atoms with Crippen molar-refractivity contribution in [3.05, 3.63) is 71.3 Å². The molecule has 3 N–H and O–H groups in total. The van der Waals surface area contributed by atoms with E-state index in [4.69, 9.17) is 12.2 Å². The number of rotatable bonds is 9. The largest absolute Gasteiger partial charge is 0.361 e. The van der Waals surface area contributed by atoms with E-state index in [-0.39, 0.29) is 5.78 Å². The highest BCUT2D eigenvalue weighted by molar-refractivity contribution is 7.80. The summed E-state index contributed by atoms with van der Waals surface area (Å²) in [5, 5.41) is 3.47. The Morgan fingerprint density at radius 2 is 1.59 bits per heavy atom. The molecule has 1 amide bonds. The molecule has 0 aromatic heterocycles. The number of carbonyl (C=O) groups excluding carboxylic acids is 2. The van der Waals surface area contributed by atoms with Crippen LogP contribution in [0.2, 0.25) is 0 Å². The fourth-order valence-corrected chi connectivity index (χ4v) is 3.10. The maximum absolute atomic E-state index is 12.8. The third-order valence-electron chi connectivity index (χ3n) is 4.65. The first kappa shape index (κ1) is 22.6. The summed E-state index contributed by atoms with van der Waals surface area (Å²) in [4.78, 5) is 25.4. The molecule has 154 valence electrons. The summed E-state index contributed by atoms with van der Waals surface area (Å²) in [5.41, 5.74) is 6.48. The van der Waals surface area contributed by atoms with Gasteiger partial charge < -0.3 is 5.32 Å². The maximum Gasteiger partial charge on any atom is 0.270 e. The van der Waals surface area contributed by atoms with E-state index >= 15 is 0 Å². The van der Waals surface area contributed by atoms with Crippen molar-refractivity contribution in [2.24, 2.45) is 5.92 Å². The second-order valence-electron chi connectivity index (χ2n) is 7.13. The minimum absolute atomic E-state index is 0.196. The first-order valence-electron chi connectivity index (χ1n) is 10.1. The van der Waals surface area contributed by atoms with E-state index in [2.05, 4.69) is 30.0 Å². The molecule has 5 nitrogen and oxygen atoms in total. The third kappa shape index (κ3) is 7.31. The van der Waals surface area contributed by atoms with Crippen molar-refractivity contribution >= 4 is 29.0 Å². The lowest BCUT2D eigenvalue weighted by molar-refractivity contribution is 0.0933. The number of unbranched alkanes of at least 4 members (excludes halogenated alkanes) is 2. The summed E-state index contributed by atoms with van der Waals surface area (Å²) < 4.78 is 0. The van der Waals surface area contributed by atoms with Crippen molar-refractivity contribution in [3.63, 3.8) is 0 Å². The Bertz CT molecular complexity index is 824. The van der Waals surface area contributed by atoms with Gasteiger partial charge in [0, 0.05) is 17.7 Å². The summed E-state index contributed by atoms with van der Waals surface area (Å²) in [6.45, 7) is 5.11.